The van der Waals surface area contributed by atoms with Gasteiger partial charge in [-0.3, -0.25) is 0 Å². The third-order valence-electron chi connectivity index (χ3n) is 2.64. The number of nitrogens with one attached hydrogen (secondary N) is 1. The van der Waals surface area contributed by atoms with Crippen molar-refractivity contribution in [2.75, 3.05) is 12.8 Å². The predicted molar refractivity (Wildman–Crippen MR) is 70.2 cm³/mol. The highest BCUT2D eigenvalue weighted by Crippen LogP contribution is 2.36. The van der Waals surface area contributed by atoms with E-state index in [-0.39, 0.29) is 0 Å². The Kier molecular flexibility index (Phi) is 3.17. The molecule has 3 heterocycles. The van der Waals surface area contributed by atoms with Crippen molar-refractivity contribution in [3.05, 3.63) is 22.3 Å². The zero-order valence-corrected chi connectivity index (χ0v) is 11.2. The molecule has 90 valence electrons. The highest BCUT2D eigenvalue weighted by molar-refractivity contribution is 7.98. The van der Waals surface area contributed by atoms with Gasteiger partial charge in [0.15, 0.2) is 5.82 Å². The first-order valence-corrected chi connectivity index (χ1v) is 7.51. The highest BCUT2D eigenvalue weighted by atomic mass is 32.2. The van der Waals surface area contributed by atoms with Crippen LogP contribution >= 0.6 is 23.1 Å². The summed E-state index contributed by atoms with van der Waals surface area (Å²) in [5, 5.41) is 6.95. The summed E-state index contributed by atoms with van der Waals surface area (Å²) in [6, 6.07) is 2.20. The summed E-state index contributed by atoms with van der Waals surface area (Å²) in [5.74, 6) is 3.70. The highest BCUT2D eigenvalue weighted by Gasteiger charge is 2.17. The van der Waals surface area contributed by atoms with Gasteiger partial charge in [0, 0.05) is 10.6 Å². The lowest BCUT2D eigenvalue weighted by atomic mass is 10.2. The number of aromatic nitrogens is 2. The monoisotopic (exact) mass is 267 g/mol. The van der Waals surface area contributed by atoms with Crippen molar-refractivity contribution >= 4 is 23.1 Å². The van der Waals surface area contributed by atoms with Crippen LogP contribution in [0.2, 0.25) is 0 Å². The second-order valence-electron chi connectivity index (χ2n) is 3.91. The van der Waals surface area contributed by atoms with Crippen LogP contribution in [0.4, 0.5) is 0 Å². The molecule has 17 heavy (non-hydrogen) atoms. The summed E-state index contributed by atoms with van der Waals surface area (Å²) in [4.78, 5) is 6.96. The van der Waals surface area contributed by atoms with Gasteiger partial charge in [0.1, 0.15) is 0 Å². The van der Waals surface area contributed by atoms with Crippen LogP contribution in [-0.4, -0.2) is 22.9 Å². The second-order valence-corrected chi connectivity index (χ2v) is 6.15. The lowest BCUT2D eigenvalue weighted by Gasteiger charge is -2.08. The quantitative estimate of drug-likeness (QED) is 0.925. The number of nitrogens with zero attached hydrogens (tertiary/aromatic N) is 2. The van der Waals surface area contributed by atoms with E-state index >= 15 is 0 Å². The van der Waals surface area contributed by atoms with Crippen LogP contribution in [0.3, 0.4) is 0 Å². The van der Waals surface area contributed by atoms with Crippen LogP contribution < -0.4 is 5.32 Å². The fraction of sp³-hybridized carbons (Fsp3) is 0.455. The summed E-state index contributed by atoms with van der Waals surface area (Å²) >= 11 is 3.78. The number of aryl methyl sites for hydroxylation is 1. The van der Waals surface area contributed by atoms with E-state index in [1.165, 1.54) is 22.6 Å². The lowest BCUT2D eigenvalue weighted by Crippen LogP contribution is -2.06. The summed E-state index contributed by atoms with van der Waals surface area (Å²) in [6.45, 7) is 0.643. The molecular weight excluding hydrogens is 254 g/mol. The molecule has 3 rings (SSSR count). The van der Waals surface area contributed by atoms with Gasteiger partial charge in [0.2, 0.25) is 0 Å². The molecule has 0 radical (unpaired) electrons. The van der Waals surface area contributed by atoms with E-state index in [0.717, 1.165) is 10.6 Å². The van der Waals surface area contributed by atoms with Crippen LogP contribution in [0.1, 0.15) is 16.3 Å². The Bertz CT molecular complexity index is 497. The molecule has 0 aliphatic carbocycles. The molecule has 0 atom stereocenters. The van der Waals surface area contributed by atoms with Crippen LogP contribution in [0.5, 0.6) is 0 Å². The van der Waals surface area contributed by atoms with Gasteiger partial charge < -0.3 is 9.84 Å². The average molecular weight is 267 g/mol. The average Bonchev–Trinajstić information content (AvgIpc) is 2.94. The van der Waals surface area contributed by atoms with Crippen LogP contribution in [0.25, 0.3) is 10.8 Å². The first-order chi connectivity index (χ1) is 8.36. The Hall–Kier alpha value is -0.850. The van der Waals surface area contributed by atoms with Gasteiger partial charge in [-0.2, -0.15) is 16.7 Å². The smallest absolute Gasteiger partial charge is 0.268 e. The van der Waals surface area contributed by atoms with Crippen LogP contribution in [0, 0.1) is 0 Å². The number of thiophene rings is 1. The minimum Gasteiger partial charge on any atom is -0.333 e. The van der Waals surface area contributed by atoms with E-state index in [0.29, 0.717) is 18.3 Å². The predicted octanol–water partition coefficient (Wildman–Crippen LogP) is 2.31. The third-order valence-corrected chi connectivity index (χ3v) is 4.87. The van der Waals surface area contributed by atoms with Gasteiger partial charge in [-0.1, -0.05) is 5.16 Å². The Morgan fingerprint density at radius 1 is 1.53 bits per heavy atom. The number of rotatable bonds is 3. The molecule has 0 saturated carbocycles. The first kappa shape index (κ1) is 11.3. The van der Waals surface area contributed by atoms with Crippen molar-refractivity contribution in [2.45, 2.75) is 18.7 Å². The molecule has 2 aromatic heterocycles. The van der Waals surface area contributed by atoms with Gasteiger partial charge in [-0.15, -0.1) is 11.3 Å². The van der Waals surface area contributed by atoms with Gasteiger partial charge in [0.05, 0.1) is 11.4 Å². The molecule has 1 aliphatic rings. The maximum absolute atomic E-state index is 5.28. The van der Waals surface area contributed by atoms with Crippen molar-refractivity contribution in [3.63, 3.8) is 0 Å². The van der Waals surface area contributed by atoms with E-state index < -0.39 is 0 Å². The number of fused-ring (bicyclic) bond motifs is 1. The number of hydrogen-bond acceptors (Lipinski definition) is 6. The number of hydrogen-bond donors (Lipinski definition) is 1. The Morgan fingerprint density at radius 2 is 2.47 bits per heavy atom. The summed E-state index contributed by atoms with van der Waals surface area (Å²) in [5.41, 5.74) is 1.44. The zero-order chi connectivity index (χ0) is 11.7. The SMILES string of the molecule is CNCc1noc(-c2cc3c(s2)CCSC3)n1. The van der Waals surface area contributed by atoms with E-state index in [4.69, 9.17) is 4.52 Å². The fourth-order valence-electron chi connectivity index (χ4n) is 1.84. The summed E-state index contributed by atoms with van der Waals surface area (Å²) < 4.78 is 5.28. The molecular formula is C11H13N3OS2. The Morgan fingerprint density at radius 3 is 3.29 bits per heavy atom. The minimum atomic E-state index is 0.643. The van der Waals surface area contributed by atoms with E-state index in [9.17, 15) is 0 Å². The lowest BCUT2D eigenvalue weighted by molar-refractivity contribution is 0.421. The second kappa shape index (κ2) is 4.80. The van der Waals surface area contributed by atoms with E-state index in [1.54, 1.807) is 11.3 Å². The molecule has 4 nitrogen and oxygen atoms in total. The molecule has 0 saturated heterocycles. The van der Waals surface area contributed by atoms with Crippen molar-refractivity contribution in [1.82, 2.24) is 15.5 Å². The summed E-state index contributed by atoms with van der Waals surface area (Å²) in [6.07, 6.45) is 1.17. The Labute approximate surface area is 108 Å². The molecule has 6 heteroatoms. The Balaban J connectivity index is 1.89. The normalized spacial score (nSPS) is 14.9. The van der Waals surface area contributed by atoms with Crippen molar-refractivity contribution in [2.24, 2.45) is 0 Å². The molecule has 0 aromatic carbocycles. The molecule has 0 amide bonds. The van der Waals surface area contributed by atoms with Crippen molar-refractivity contribution < 1.29 is 4.52 Å². The van der Waals surface area contributed by atoms with Crippen LogP contribution in [0.15, 0.2) is 10.6 Å². The van der Waals surface area contributed by atoms with Crippen molar-refractivity contribution in [3.8, 4) is 10.8 Å². The van der Waals surface area contributed by atoms with E-state index in [1.807, 2.05) is 18.8 Å². The third kappa shape index (κ3) is 2.25. The fourth-order valence-corrected chi connectivity index (χ4v) is 4.13. The topological polar surface area (TPSA) is 51.0 Å². The standard InChI is InChI=1S/C11H13N3OS2/c1-12-5-10-13-11(15-14-10)9-4-7-6-16-3-2-8(7)17-9/h4,12H,2-3,5-6H2,1H3. The molecule has 0 unspecified atom stereocenters. The van der Waals surface area contributed by atoms with Crippen LogP contribution in [-0.2, 0) is 18.7 Å². The summed E-state index contributed by atoms with van der Waals surface area (Å²) in [7, 11) is 1.87. The molecule has 2 aromatic rings. The van der Waals surface area contributed by atoms with Crippen molar-refractivity contribution in [1.29, 1.82) is 0 Å². The van der Waals surface area contributed by atoms with E-state index in [2.05, 4.69) is 21.5 Å². The maximum Gasteiger partial charge on any atom is 0.268 e. The minimum absolute atomic E-state index is 0.643. The molecule has 0 fully saturated rings. The van der Waals surface area contributed by atoms with Gasteiger partial charge in [-0.25, -0.2) is 0 Å². The van der Waals surface area contributed by atoms with Gasteiger partial charge in [0.25, 0.3) is 5.89 Å². The van der Waals surface area contributed by atoms with Gasteiger partial charge in [-0.05, 0) is 30.9 Å². The maximum atomic E-state index is 5.28. The number of thioether (sulfide) groups is 1. The molecule has 0 spiro atoms. The van der Waals surface area contributed by atoms with Gasteiger partial charge >= 0.3 is 0 Å². The molecule has 1 N–H and O–H groups in total. The zero-order valence-electron chi connectivity index (χ0n) is 9.52. The molecule has 1 aliphatic heterocycles. The largest absolute Gasteiger partial charge is 0.333 e. The first-order valence-electron chi connectivity index (χ1n) is 5.53. The molecule has 0 bridgehead atoms.